The van der Waals surface area contributed by atoms with Crippen LogP contribution < -0.4 is 5.32 Å². The first kappa shape index (κ1) is 15.7. The third kappa shape index (κ3) is 5.33. The lowest BCUT2D eigenvalue weighted by Crippen LogP contribution is -2.07. The Morgan fingerprint density at radius 2 is 2.05 bits per heavy atom. The Bertz CT molecular complexity index is 589. The van der Waals surface area contributed by atoms with Gasteiger partial charge in [-0.3, -0.25) is 0 Å². The number of hydrogen-bond acceptors (Lipinski definition) is 4. The molecule has 21 heavy (non-hydrogen) atoms. The van der Waals surface area contributed by atoms with Gasteiger partial charge >= 0.3 is 0 Å². The normalized spacial score (nSPS) is 10.6. The molecule has 0 atom stereocenters. The van der Waals surface area contributed by atoms with Crippen LogP contribution in [-0.2, 0) is 18.0 Å². The van der Waals surface area contributed by atoms with E-state index >= 15 is 0 Å². The molecule has 0 aliphatic rings. The highest BCUT2D eigenvalue weighted by atomic mass is 35.5. The number of halogens is 1. The van der Waals surface area contributed by atoms with Gasteiger partial charge in [0.2, 0.25) is 0 Å². The average Bonchev–Trinajstić information content (AvgIpc) is 2.45. The van der Waals surface area contributed by atoms with Crippen LogP contribution in [0.15, 0.2) is 30.3 Å². The van der Waals surface area contributed by atoms with Crippen molar-refractivity contribution < 1.29 is 4.74 Å². The zero-order chi connectivity index (χ0) is 15.1. The minimum absolute atomic E-state index is 0.384. The largest absolute Gasteiger partial charge is 0.370 e. The van der Waals surface area contributed by atoms with E-state index in [2.05, 4.69) is 22.2 Å². The summed E-state index contributed by atoms with van der Waals surface area (Å²) in [5, 5.41) is 3.98. The standard InChI is InChI=1S/C16H20ClN3O/c1-3-7-18-15-8-12(2)19-16(20-15)11-21-10-13-5-4-6-14(17)9-13/h4-6,8-9H,3,7,10-11H2,1-2H3,(H,18,19,20). The summed E-state index contributed by atoms with van der Waals surface area (Å²) in [7, 11) is 0. The maximum absolute atomic E-state index is 5.94. The van der Waals surface area contributed by atoms with Crippen LogP contribution >= 0.6 is 11.6 Å². The van der Waals surface area contributed by atoms with Gasteiger partial charge in [-0.15, -0.1) is 0 Å². The molecule has 1 heterocycles. The number of hydrogen-bond donors (Lipinski definition) is 1. The highest BCUT2D eigenvalue weighted by molar-refractivity contribution is 6.30. The van der Waals surface area contributed by atoms with E-state index < -0.39 is 0 Å². The zero-order valence-electron chi connectivity index (χ0n) is 12.4. The van der Waals surface area contributed by atoms with Crippen molar-refractivity contribution in [3.63, 3.8) is 0 Å². The Kier molecular flexibility index (Phi) is 5.96. The topological polar surface area (TPSA) is 47.0 Å². The quantitative estimate of drug-likeness (QED) is 0.840. The second-order valence-electron chi connectivity index (χ2n) is 4.86. The molecule has 0 spiro atoms. The van der Waals surface area contributed by atoms with Crippen molar-refractivity contribution in [3.05, 3.63) is 52.4 Å². The second kappa shape index (κ2) is 7.96. The van der Waals surface area contributed by atoms with Crippen molar-refractivity contribution in [2.24, 2.45) is 0 Å². The molecular weight excluding hydrogens is 286 g/mol. The summed E-state index contributed by atoms with van der Waals surface area (Å²) in [4.78, 5) is 8.84. The Balaban J connectivity index is 1.91. The fraction of sp³-hybridized carbons (Fsp3) is 0.375. The minimum Gasteiger partial charge on any atom is -0.370 e. The molecule has 0 amide bonds. The molecule has 2 aromatic rings. The molecule has 4 nitrogen and oxygen atoms in total. The van der Waals surface area contributed by atoms with E-state index in [1.165, 1.54) is 0 Å². The van der Waals surface area contributed by atoms with Crippen LogP contribution in [0.2, 0.25) is 5.02 Å². The second-order valence-corrected chi connectivity index (χ2v) is 5.30. The summed E-state index contributed by atoms with van der Waals surface area (Å²) in [6.45, 7) is 5.86. The first-order valence-corrected chi connectivity index (χ1v) is 7.46. The summed E-state index contributed by atoms with van der Waals surface area (Å²) in [6, 6.07) is 9.58. The van der Waals surface area contributed by atoms with Crippen molar-refractivity contribution in [2.45, 2.75) is 33.5 Å². The molecule has 1 aromatic carbocycles. The number of aryl methyl sites for hydroxylation is 1. The third-order valence-corrected chi connectivity index (χ3v) is 3.08. The molecule has 0 saturated carbocycles. The van der Waals surface area contributed by atoms with Gasteiger partial charge in [0.1, 0.15) is 12.4 Å². The Morgan fingerprint density at radius 1 is 1.19 bits per heavy atom. The molecule has 112 valence electrons. The smallest absolute Gasteiger partial charge is 0.156 e. The van der Waals surface area contributed by atoms with Crippen LogP contribution in [0.1, 0.15) is 30.4 Å². The van der Waals surface area contributed by atoms with E-state index in [-0.39, 0.29) is 0 Å². The van der Waals surface area contributed by atoms with Crippen LogP contribution in [-0.4, -0.2) is 16.5 Å². The number of nitrogens with one attached hydrogen (secondary N) is 1. The summed E-state index contributed by atoms with van der Waals surface area (Å²) in [5.41, 5.74) is 1.98. The van der Waals surface area contributed by atoms with Crippen LogP contribution in [0.3, 0.4) is 0 Å². The van der Waals surface area contributed by atoms with E-state index in [0.717, 1.165) is 30.0 Å². The number of anilines is 1. The number of aromatic nitrogens is 2. The Hall–Kier alpha value is -1.65. The van der Waals surface area contributed by atoms with Gasteiger partial charge in [-0.25, -0.2) is 9.97 Å². The van der Waals surface area contributed by atoms with Gasteiger partial charge < -0.3 is 10.1 Å². The van der Waals surface area contributed by atoms with E-state index in [9.17, 15) is 0 Å². The number of benzene rings is 1. The van der Waals surface area contributed by atoms with Crippen molar-refractivity contribution in [3.8, 4) is 0 Å². The average molecular weight is 306 g/mol. The lowest BCUT2D eigenvalue weighted by Gasteiger charge is -2.08. The van der Waals surface area contributed by atoms with E-state index in [0.29, 0.717) is 24.1 Å². The first-order valence-electron chi connectivity index (χ1n) is 7.08. The highest BCUT2D eigenvalue weighted by Gasteiger charge is 2.03. The molecule has 2 rings (SSSR count). The number of nitrogens with zero attached hydrogens (tertiary/aromatic N) is 2. The van der Waals surface area contributed by atoms with Crippen molar-refractivity contribution in [2.75, 3.05) is 11.9 Å². The molecule has 0 unspecified atom stereocenters. The van der Waals surface area contributed by atoms with Gasteiger partial charge in [0.25, 0.3) is 0 Å². The molecule has 5 heteroatoms. The molecule has 0 aliphatic carbocycles. The predicted molar refractivity (Wildman–Crippen MR) is 85.5 cm³/mol. The molecule has 0 bridgehead atoms. The van der Waals surface area contributed by atoms with Crippen LogP contribution in [0.4, 0.5) is 5.82 Å². The maximum atomic E-state index is 5.94. The molecule has 1 aromatic heterocycles. The third-order valence-electron chi connectivity index (χ3n) is 2.85. The van der Waals surface area contributed by atoms with Gasteiger partial charge in [0, 0.05) is 23.3 Å². The van der Waals surface area contributed by atoms with Crippen molar-refractivity contribution >= 4 is 17.4 Å². The van der Waals surface area contributed by atoms with Crippen molar-refractivity contribution in [1.82, 2.24) is 9.97 Å². The molecular formula is C16H20ClN3O. The molecule has 0 saturated heterocycles. The Morgan fingerprint density at radius 3 is 2.81 bits per heavy atom. The lowest BCUT2D eigenvalue weighted by atomic mass is 10.2. The predicted octanol–water partition coefficient (Wildman–Crippen LogP) is 3.98. The fourth-order valence-electron chi connectivity index (χ4n) is 1.93. The van der Waals surface area contributed by atoms with Crippen LogP contribution in [0.5, 0.6) is 0 Å². The molecule has 0 aliphatic heterocycles. The monoisotopic (exact) mass is 305 g/mol. The fourth-order valence-corrected chi connectivity index (χ4v) is 2.14. The minimum atomic E-state index is 0.384. The van der Waals surface area contributed by atoms with E-state index in [1.807, 2.05) is 37.3 Å². The highest BCUT2D eigenvalue weighted by Crippen LogP contribution is 2.12. The summed E-state index contributed by atoms with van der Waals surface area (Å²) >= 11 is 5.94. The summed E-state index contributed by atoms with van der Waals surface area (Å²) in [6.07, 6.45) is 1.06. The number of rotatable bonds is 7. The Labute approximate surface area is 130 Å². The molecule has 1 N–H and O–H groups in total. The van der Waals surface area contributed by atoms with Crippen LogP contribution in [0, 0.1) is 6.92 Å². The molecule has 0 fully saturated rings. The van der Waals surface area contributed by atoms with Gasteiger partial charge in [-0.1, -0.05) is 30.7 Å². The van der Waals surface area contributed by atoms with Crippen LogP contribution in [0.25, 0.3) is 0 Å². The zero-order valence-corrected chi connectivity index (χ0v) is 13.2. The van der Waals surface area contributed by atoms with Gasteiger partial charge in [0.15, 0.2) is 5.82 Å². The number of ether oxygens (including phenoxy) is 1. The van der Waals surface area contributed by atoms with Gasteiger partial charge in [-0.05, 0) is 31.0 Å². The summed E-state index contributed by atoms with van der Waals surface area (Å²) in [5.74, 6) is 1.54. The van der Waals surface area contributed by atoms with E-state index in [1.54, 1.807) is 0 Å². The SMILES string of the molecule is CCCNc1cc(C)nc(COCc2cccc(Cl)c2)n1. The lowest BCUT2D eigenvalue weighted by molar-refractivity contribution is 0.102. The summed E-state index contributed by atoms with van der Waals surface area (Å²) < 4.78 is 5.66. The molecule has 0 radical (unpaired) electrons. The van der Waals surface area contributed by atoms with Gasteiger partial charge in [0.05, 0.1) is 6.61 Å². The van der Waals surface area contributed by atoms with Crippen molar-refractivity contribution in [1.29, 1.82) is 0 Å². The van der Waals surface area contributed by atoms with E-state index in [4.69, 9.17) is 16.3 Å². The maximum Gasteiger partial charge on any atom is 0.156 e. The van der Waals surface area contributed by atoms with Gasteiger partial charge in [-0.2, -0.15) is 0 Å². The first-order chi connectivity index (χ1) is 10.2.